The lowest BCUT2D eigenvalue weighted by Gasteiger charge is -2.32. The summed E-state index contributed by atoms with van der Waals surface area (Å²) in [4.78, 5) is 25.8. The number of nitrogens with one attached hydrogen (secondary N) is 1. The molecule has 0 aromatic rings. The number of rotatable bonds is 6. The van der Waals surface area contributed by atoms with Crippen LogP contribution in [0, 0.1) is 0 Å². The zero-order chi connectivity index (χ0) is 19.9. The van der Waals surface area contributed by atoms with Gasteiger partial charge in [0, 0.05) is 66.5 Å². The SMILES string of the molecule is CN=C(NCCCN1CCCC1C(=O)N(C)C)N1CCC(N2CCOCC2)C1.I. The van der Waals surface area contributed by atoms with Crippen molar-refractivity contribution in [3.8, 4) is 0 Å². The minimum absolute atomic E-state index is 0. The summed E-state index contributed by atoms with van der Waals surface area (Å²) in [5, 5.41) is 3.54. The van der Waals surface area contributed by atoms with Crippen molar-refractivity contribution < 1.29 is 9.53 Å². The van der Waals surface area contributed by atoms with Crippen molar-refractivity contribution in [3.05, 3.63) is 0 Å². The van der Waals surface area contributed by atoms with Gasteiger partial charge in [-0.15, -0.1) is 24.0 Å². The summed E-state index contributed by atoms with van der Waals surface area (Å²) in [5.74, 6) is 1.26. The summed E-state index contributed by atoms with van der Waals surface area (Å²) in [6, 6.07) is 0.687. The number of guanidine groups is 1. The number of likely N-dealkylation sites (tertiary alicyclic amines) is 2. The molecule has 3 heterocycles. The molecule has 9 heteroatoms. The number of morpholine rings is 1. The molecule has 0 bridgehead atoms. The van der Waals surface area contributed by atoms with Crippen LogP contribution in [0.4, 0.5) is 0 Å². The third kappa shape index (κ3) is 6.67. The zero-order valence-corrected chi connectivity index (χ0v) is 20.6. The molecular weight excluding hydrogens is 483 g/mol. The number of halogens is 1. The number of nitrogens with zero attached hydrogens (tertiary/aromatic N) is 5. The predicted octanol–water partition coefficient (Wildman–Crippen LogP) is 0.529. The summed E-state index contributed by atoms with van der Waals surface area (Å²) in [6.45, 7) is 8.81. The maximum absolute atomic E-state index is 12.3. The summed E-state index contributed by atoms with van der Waals surface area (Å²) >= 11 is 0. The number of hydrogen-bond donors (Lipinski definition) is 1. The number of aliphatic imine (C=N–C) groups is 1. The van der Waals surface area contributed by atoms with Gasteiger partial charge in [-0.25, -0.2) is 0 Å². The van der Waals surface area contributed by atoms with E-state index in [1.807, 2.05) is 21.1 Å². The van der Waals surface area contributed by atoms with Crippen LogP contribution in [0.15, 0.2) is 4.99 Å². The average Bonchev–Trinajstić information content (AvgIpc) is 3.38. The predicted molar refractivity (Wildman–Crippen MR) is 127 cm³/mol. The number of likely N-dealkylation sites (N-methyl/N-ethyl adjacent to an activating group) is 1. The lowest BCUT2D eigenvalue weighted by atomic mass is 10.2. The Balaban J connectivity index is 0.00000300. The molecular formula is C20H39IN6O2. The molecule has 29 heavy (non-hydrogen) atoms. The molecule has 3 aliphatic rings. The van der Waals surface area contributed by atoms with E-state index in [1.165, 1.54) is 6.42 Å². The summed E-state index contributed by atoms with van der Waals surface area (Å²) < 4.78 is 5.48. The lowest BCUT2D eigenvalue weighted by molar-refractivity contribution is -0.133. The van der Waals surface area contributed by atoms with Gasteiger partial charge >= 0.3 is 0 Å². The molecule has 0 aromatic carbocycles. The van der Waals surface area contributed by atoms with Gasteiger partial charge in [0.05, 0.1) is 19.3 Å². The largest absolute Gasteiger partial charge is 0.379 e. The van der Waals surface area contributed by atoms with Crippen LogP contribution in [0.1, 0.15) is 25.7 Å². The Labute approximate surface area is 193 Å². The Bertz CT molecular complexity index is 541. The van der Waals surface area contributed by atoms with E-state index in [4.69, 9.17) is 4.74 Å². The highest BCUT2D eigenvalue weighted by atomic mass is 127. The Morgan fingerprint density at radius 3 is 2.62 bits per heavy atom. The van der Waals surface area contributed by atoms with E-state index in [2.05, 4.69) is 25.0 Å². The Morgan fingerprint density at radius 1 is 1.17 bits per heavy atom. The highest BCUT2D eigenvalue weighted by Crippen LogP contribution is 2.19. The van der Waals surface area contributed by atoms with Crippen molar-refractivity contribution in [2.45, 2.75) is 37.8 Å². The molecule has 3 saturated heterocycles. The molecule has 1 N–H and O–H groups in total. The van der Waals surface area contributed by atoms with Crippen molar-refractivity contribution in [1.29, 1.82) is 0 Å². The topological polar surface area (TPSA) is 63.7 Å². The number of carbonyl (C=O) groups excluding carboxylic acids is 1. The fourth-order valence-corrected chi connectivity index (χ4v) is 4.66. The Hall–Kier alpha value is -0.650. The maximum atomic E-state index is 12.3. The van der Waals surface area contributed by atoms with E-state index < -0.39 is 0 Å². The molecule has 3 rings (SSSR count). The van der Waals surface area contributed by atoms with Crippen molar-refractivity contribution in [2.75, 3.05) is 80.2 Å². The smallest absolute Gasteiger partial charge is 0.239 e. The van der Waals surface area contributed by atoms with Gasteiger partial charge in [0.25, 0.3) is 0 Å². The van der Waals surface area contributed by atoms with Crippen LogP contribution in [0.25, 0.3) is 0 Å². The highest BCUT2D eigenvalue weighted by molar-refractivity contribution is 14.0. The summed E-state index contributed by atoms with van der Waals surface area (Å²) in [7, 11) is 5.58. The normalized spacial score (nSPS) is 26.4. The van der Waals surface area contributed by atoms with Crippen LogP contribution < -0.4 is 5.32 Å². The van der Waals surface area contributed by atoms with E-state index in [-0.39, 0.29) is 35.9 Å². The van der Waals surface area contributed by atoms with Gasteiger partial charge in [0.2, 0.25) is 5.91 Å². The molecule has 0 radical (unpaired) electrons. The van der Waals surface area contributed by atoms with Crippen molar-refractivity contribution in [2.24, 2.45) is 4.99 Å². The quantitative estimate of drug-likeness (QED) is 0.238. The van der Waals surface area contributed by atoms with Crippen LogP contribution >= 0.6 is 24.0 Å². The fraction of sp³-hybridized carbons (Fsp3) is 0.900. The van der Waals surface area contributed by atoms with Gasteiger partial charge in [-0.2, -0.15) is 0 Å². The van der Waals surface area contributed by atoms with Crippen LogP contribution in [-0.4, -0.2) is 124 Å². The third-order valence-corrected chi connectivity index (χ3v) is 6.23. The van der Waals surface area contributed by atoms with E-state index in [0.29, 0.717) is 6.04 Å². The molecule has 0 aliphatic carbocycles. The van der Waals surface area contributed by atoms with Crippen molar-refractivity contribution >= 4 is 35.8 Å². The maximum Gasteiger partial charge on any atom is 0.239 e. The highest BCUT2D eigenvalue weighted by Gasteiger charge is 2.32. The minimum atomic E-state index is 0. The first kappa shape index (κ1) is 24.6. The monoisotopic (exact) mass is 522 g/mol. The standard InChI is InChI=1S/C20H38N6O2.HI/c1-21-20(26-11-7-17(16-26)24-12-14-28-15-13-24)22-8-5-10-25-9-4-6-18(25)19(27)23(2)3;/h17-18H,4-16H2,1-3H3,(H,21,22);1H. The molecule has 168 valence electrons. The van der Waals surface area contributed by atoms with E-state index in [9.17, 15) is 4.79 Å². The summed E-state index contributed by atoms with van der Waals surface area (Å²) in [6.07, 6.45) is 4.33. The second-order valence-electron chi connectivity index (χ2n) is 8.29. The molecule has 0 spiro atoms. The van der Waals surface area contributed by atoms with Crippen molar-refractivity contribution in [3.63, 3.8) is 0 Å². The van der Waals surface area contributed by atoms with Gasteiger partial charge < -0.3 is 19.9 Å². The molecule has 0 saturated carbocycles. The summed E-state index contributed by atoms with van der Waals surface area (Å²) in [5.41, 5.74) is 0. The van der Waals surface area contributed by atoms with Gasteiger partial charge in [0.15, 0.2) is 5.96 Å². The molecule has 3 aliphatic heterocycles. The van der Waals surface area contributed by atoms with Gasteiger partial charge in [-0.1, -0.05) is 0 Å². The van der Waals surface area contributed by atoms with Crippen LogP contribution in [0.2, 0.25) is 0 Å². The second kappa shape index (κ2) is 12.3. The lowest BCUT2D eigenvalue weighted by Crippen LogP contribution is -2.47. The first-order chi connectivity index (χ1) is 13.6. The Kier molecular flexibility index (Phi) is 10.4. The molecule has 2 unspecified atom stereocenters. The Morgan fingerprint density at radius 2 is 1.93 bits per heavy atom. The van der Waals surface area contributed by atoms with E-state index in [1.54, 1.807) is 4.90 Å². The molecule has 8 nitrogen and oxygen atoms in total. The van der Waals surface area contributed by atoms with E-state index >= 15 is 0 Å². The fourth-order valence-electron chi connectivity index (χ4n) is 4.66. The molecule has 0 aromatic heterocycles. The van der Waals surface area contributed by atoms with Gasteiger partial charge in [0.1, 0.15) is 0 Å². The zero-order valence-electron chi connectivity index (χ0n) is 18.3. The van der Waals surface area contributed by atoms with Gasteiger partial charge in [-0.05, 0) is 32.2 Å². The van der Waals surface area contributed by atoms with Crippen molar-refractivity contribution in [1.82, 2.24) is 24.9 Å². The van der Waals surface area contributed by atoms with E-state index in [0.717, 1.165) is 84.2 Å². The third-order valence-electron chi connectivity index (χ3n) is 6.23. The number of carbonyl (C=O) groups is 1. The second-order valence-corrected chi connectivity index (χ2v) is 8.29. The van der Waals surface area contributed by atoms with Crippen LogP contribution in [0.5, 0.6) is 0 Å². The first-order valence-electron chi connectivity index (χ1n) is 10.8. The van der Waals surface area contributed by atoms with Gasteiger partial charge in [-0.3, -0.25) is 19.6 Å². The minimum Gasteiger partial charge on any atom is -0.379 e. The number of amides is 1. The van der Waals surface area contributed by atoms with Crippen LogP contribution in [-0.2, 0) is 9.53 Å². The average molecular weight is 522 g/mol. The first-order valence-corrected chi connectivity index (χ1v) is 10.8. The molecule has 3 fully saturated rings. The molecule has 1 amide bonds. The molecule has 2 atom stereocenters. The number of hydrogen-bond acceptors (Lipinski definition) is 5. The van der Waals surface area contributed by atoms with Crippen LogP contribution in [0.3, 0.4) is 0 Å². The number of ether oxygens (including phenoxy) is 1.